The van der Waals surface area contributed by atoms with Gasteiger partial charge in [-0.05, 0) is 48.4 Å². The Kier molecular flexibility index (Phi) is 6.60. The average Bonchev–Trinajstić information content (AvgIpc) is 2.61. The summed E-state index contributed by atoms with van der Waals surface area (Å²) in [5, 5.41) is 3.17. The van der Waals surface area contributed by atoms with E-state index in [1.54, 1.807) is 43.5 Å². The lowest BCUT2D eigenvalue weighted by molar-refractivity contribution is -0.142. The van der Waals surface area contributed by atoms with Crippen LogP contribution in [0.25, 0.3) is 6.08 Å². The van der Waals surface area contributed by atoms with Crippen molar-refractivity contribution in [1.29, 1.82) is 0 Å². The summed E-state index contributed by atoms with van der Waals surface area (Å²) < 4.78 is 10.0. The lowest BCUT2D eigenvalue weighted by atomic mass is 10.2. The van der Waals surface area contributed by atoms with Crippen molar-refractivity contribution >= 4 is 35.2 Å². The van der Waals surface area contributed by atoms with Gasteiger partial charge in [0.05, 0.1) is 7.11 Å². The average molecular weight is 360 g/mol. The molecule has 0 aliphatic rings. The molecule has 0 aromatic heterocycles. The quantitative estimate of drug-likeness (QED) is 0.628. The van der Waals surface area contributed by atoms with Gasteiger partial charge in [-0.3, -0.25) is 4.79 Å². The molecule has 0 heterocycles. The SMILES string of the molecule is COc1cccc(C=CC(=O)OCC(=O)Nc2cc(Cl)ccc2C)c1. The second kappa shape index (κ2) is 8.89. The molecule has 0 spiro atoms. The van der Waals surface area contributed by atoms with Crippen LogP contribution < -0.4 is 10.1 Å². The first-order chi connectivity index (χ1) is 12.0. The first-order valence-corrected chi connectivity index (χ1v) is 7.90. The van der Waals surface area contributed by atoms with E-state index < -0.39 is 11.9 Å². The molecule has 25 heavy (non-hydrogen) atoms. The van der Waals surface area contributed by atoms with Crippen LogP contribution in [0, 0.1) is 6.92 Å². The minimum Gasteiger partial charge on any atom is -0.497 e. The molecule has 0 aliphatic carbocycles. The predicted molar refractivity (Wildman–Crippen MR) is 97.8 cm³/mol. The van der Waals surface area contributed by atoms with Gasteiger partial charge in [0.15, 0.2) is 6.61 Å². The largest absolute Gasteiger partial charge is 0.497 e. The number of nitrogens with one attached hydrogen (secondary N) is 1. The third-order valence-corrected chi connectivity index (χ3v) is 3.56. The van der Waals surface area contributed by atoms with Crippen molar-refractivity contribution in [1.82, 2.24) is 0 Å². The number of hydrogen-bond donors (Lipinski definition) is 1. The van der Waals surface area contributed by atoms with E-state index in [0.29, 0.717) is 16.5 Å². The Morgan fingerprint density at radius 3 is 2.76 bits per heavy atom. The second-order valence-corrected chi connectivity index (χ2v) is 5.66. The van der Waals surface area contributed by atoms with Crippen LogP contribution in [0.4, 0.5) is 5.69 Å². The fourth-order valence-corrected chi connectivity index (χ4v) is 2.18. The molecule has 0 saturated heterocycles. The van der Waals surface area contributed by atoms with Crippen LogP contribution in [0.1, 0.15) is 11.1 Å². The lowest BCUT2D eigenvalue weighted by Gasteiger charge is -2.08. The van der Waals surface area contributed by atoms with E-state index >= 15 is 0 Å². The summed E-state index contributed by atoms with van der Waals surface area (Å²) in [6, 6.07) is 12.4. The molecule has 0 radical (unpaired) electrons. The molecule has 0 fully saturated rings. The molecule has 1 N–H and O–H groups in total. The molecule has 1 amide bonds. The minimum absolute atomic E-state index is 0.382. The maximum Gasteiger partial charge on any atom is 0.331 e. The molecule has 2 rings (SSSR count). The first kappa shape index (κ1) is 18.5. The molecule has 0 unspecified atom stereocenters. The van der Waals surface area contributed by atoms with E-state index in [4.69, 9.17) is 21.1 Å². The van der Waals surface area contributed by atoms with E-state index in [9.17, 15) is 9.59 Å². The predicted octanol–water partition coefficient (Wildman–Crippen LogP) is 3.85. The van der Waals surface area contributed by atoms with E-state index in [1.165, 1.54) is 6.08 Å². The van der Waals surface area contributed by atoms with Crippen molar-refractivity contribution in [2.24, 2.45) is 0 Å². The Bertz CT molecular complexity index is 802. The third kappa shape index (κ3) is 5.97. The smallest absolute Gasteiger partial charge is 0.331 e. The third-order valence-electron chi connectivity index (χ3n) is 3.32. The van der Waals surface area contributed by atoms with Gasteiger partial charge < -0.3 is 14.8 Å². The molecule has 130 valence electrons. The summed E-state index contributed by atoms with van der Waals surface area (Å²) in [5.74, 6) is -0.360. The number of ether oxygens (including phenoxy) is 2. The fraction of sp³-hybridized carbons (Fsp3) is 0.158. The number of halogens is 1. The maximum absolute atomic E-state index is 11.9. The van der Waals surface area contributed by atoms with Gasteiger partial charge in [0.1, 0.15) is 5.75 Å². The number of hydrogen-bond acceptors (Lipinski definition) is 4. The number of esters is 1. The molecule has 6 heteroatoms. The molecule has 0 aliphatic heterocycles. The van der Waals surface area contributed by atoms with Gasteiger partial charge in [-0.25, -0.2) is 4.79 Å². The molecule has 0 atom stereocenters. The summed E-state index contributed by atoms with van der Waals surface area (Å²) in [7, 11) is 1.57. The standard InChI is InChI=1S/C19H18ClNO4/c1-13-6-8-15(20)11-17(13)21-18(22)12-25-19(23)9-7-14-4-3-5-16(10-14)24-2/h3-11H,12H2,1-2H3,(H,21,22). The highest BCUT2D eigenvalue weighted by Crippen LogP contribution is 2.20. The highest BCUT2D eigenvalue weighted by molar-refractivity contribution is 6.31. The van der Waals surface area contributed by atoms with Crippen molar-refractivity contribution in [3.05, 3.63) is 64.7 Å². The zero-order chi connectivity index (χ0) is 18.2. The highest BCUT2D eigenvalue weighted by atomic mass is 35.5. The van der Waals surface area contributed by atoms with E-state index in [1.807, 2.05) is 19.1 Å². The first-order valence-electron chi connectivity index (χ1n) is 7.53. The normalized spacial score (nSPS) is 10.5. The molecular weight excluding hydrogens is 342 g/mol. The molecule has 5 nitrogen and oxygen atoms in total. The van der Waals surface area contributed by atoms with Crippen LogP contribution in [-0.4, -0.2) is 25.6 Å². The Morgan fingerprint density at radius 1 is 1.20 bits per heavy atom. The summed E-state index contributed by atoms with van der Waals surface area (Å²) in [6.07, 6.45) is 2.84. The number of carbonyl (C=O) groups excluding carboxylic acids is 2. The topological polar surface area (TPSA) is 64.6 Å². The van der Waals surface area contributed by atoms with Crippen LogP contribution in [-0.2, 0) is 14.3 Å². The Balaban J connectivity index is 1.85. The van der Waals surface area contributed by atoms with Gasteiger partial charge in [0, 0.05) is 16.8 Å². The van der Waals surface area contributed by atoms with Gasteiger partial charge in [0.25, 0.3) is 5.91 Å². The van der Waals surface area contributed by atoms with Crippen molar-refractivity contribution in [2.45, 2.75) is 6.92 Å². The monoisotopic (exact) mass is 359 g/mol. The molecule has 2 aromatic carbocycles. The number of benzene rings is 2. The number of amides is 1. The van der Waals surface area contributed by atoms with Crippen LogP contribution >= 0.6 is 11.6 Å². The van der Waals surface area contributed by atoms with Gasteiger partial charge in [-0.2, -0.15) is 0 Å². The van der Waals surface area contributed by atoms with Crippen LogP contribution in [0.3, 0.4) is 0 Å². The second-order valence-electron chi connectivity index (χ2n) is 5.23. The highest BCUT2D eigenvalue weighted by Gasteiger charge is 2.08. The zero-order valence-corrected chi connectivity index (χ0v) is 14.7. The Morgan fingerprint density at radius 2 is 2.00 bits per heavy atom. The van der Waals surface area contributed by atoms with Gasteiger partial charge >= 0.3 is 5.97 Å². The summed E-state index contributed by atoms with van der Waals surface area (Å²) in [6.45, 7) is 1.46. The number of aryl methyl sites for hydroxylation is 1. The van der Waals surface area contributed by atoms with E-state index in [-0.39, 0.29) is 6.61 Å². The fourth-order valence-electron chi connectivity index (χ4n) is 2.01. The number of anilines is 1. The lowest BCUT2D eigenvalue weighted by Crippen LogP contribution is -2.20. The number of methoxy groups -OCH3 is 1. The van der Waals surface area contributed by atoms with Crippen molar-refractivity contribution in [3.63, 3.8) is 0 Å². The van der Waals surface area contributed by atoms with Gasteiger partial charge in [-0.15, -0.1) is 0 Å². The van der Waals surface area contributed by atoms with E-state index in [0.717, 1.165) is 11.1 Å². The van der Waals surface area contributed by atoms with Crippen molar-refractivity contribution in [2.75, 3.05) is 19.0 Å². The van der Waals surface area contributed by atoms with Crippen molar-refractivity contribution < 1.29 is 19.1 Å². The maximum atomic E-state index is 11.9. The zero-order valence-electron chi connectivity index (χ0n) is 13.9. The van der Waals surface area contributed by atoms with Crippen LogP contribution in [0.5, 0.6) is 5.75 Å². The van der Waals surface area contributed by atoms with Gasteiger partial charge in [0.2, 0.25) is 0 Å². The van der Waals surface area contributed by atoms with Crippen LogP contribution in [0.2, 0.25) is 5.02 Å². The summed E-state index contributed by atoms with van der Waals surface area (Å²) >= 11 is 5.89. The number of rotatable bonds is 6. The Labute approximate surface area is 151 Å². The molecule has 0 saturated carbocycles. The van der Waals surface area contributed by atoms with E-state index in [2.05, 4.69) is 5.32 Å². The molecule has 2 aromatic rings. The van der Waals surface area contributed by atoms with Crippen molar-refractivity contribution in [3.8, 4) is 5.75 Å². The number of carbonyl (C=O) groups is 2. The summed E-state index contributed by atoms with van der Waals surface area (Å²) in [4.78, 5) is 23.6. The minimum atomic E-state index is -0.610. The van der Waals surface area contributed by atoms with Crippen LogP contribution in [0.15, 0.2) is 48.5 Å². The van der Waals surface area contributed by atoms with Gasteiger partial charge in [-0.1, -0.05) is 29.8 Å². The molecular formula is C19H18ClNO4. The molecule has 0 bridgehead atoms. The summed E-state index contributed by atoms with van der Waals surface area (Å²) in [5.41, 5.74) is 2.23. The Hall–Kier alpha value is -2.79.